The monoisotopic (exact) mass is 179 g/mol. The van der Waals surface area contributed by atoms with Crippen molar-refractivity contribution in [2.75, 3.05) is 7.05 Å². The zero-order chi connectivity index (χ0) is 10.2. The fourth-order valence-corrected chi connectivity index (χ4v) is 1.39. The van der Waals surface area contributed by atoms with Crippen LogP contribution in [0.4, 0.5) is 0 Å². The first kappa shape index (κ1) is 9.71. The summed E-state index contributed by atoms with van der Waals surface area (Å²) in [7, 11) is 1.50. The van der Waals surface area contributed by atoms with Gasteiger partial charge >= 0.3 is 0 Å². The zero-order valence-electron chi connectivity index (χ0n) is 8.34. The maximum atomic E-state index is 11.5. The molecule has 0 saturated heterocycles. The van der Waals surface area contributed by atoms with Gasteiger partial charge in [-0.1, -0.05) is 6.08 Å². The highest BCUT2D eigenvalue weighted by Gasteiger charge is 2.29. The van der Waals surface area contributed by atoms with Gasteiger partial charge in [-0.05, 0) is 26.3 Å². The highest BCUT2D eigenvalue weighted by atomic mass is 16.2. The van der Waals surface area contributed by atoms with Gasteiger partial charge in [-0.25, -0.2) is 0 Å². The molecular formula is C10H13NO2. The summed E-state index contributed by atoms with van der Waals surface area (Å²) in [6, 6.07) is 0. The smallest absolute Gasteiger partial charge is 0.260 e. The highest BCUT2D eigenvalue weighted by Crippen LogP contribution is 2.23. The van der Waals surface area contributed by atoms with Crippen LogP contribution in [0.3, 0.4) is 0 Å². The SMILES string of the molecule is CC=C1C(=O)N(C)C(=O)C(C)=C1C. The van der Waals surface area contributed by atoms with Crippen LogP contribution in [-0.4, -0.2) is 23.8 Å². The molecule has 0 aromatic carbocycles. The number of carbonyl (C=O) groups excluding carboxylic acids is 2. The summed E-state index contributed by atoms with van der Waals surface area (Å²) < 4.78 is 0. The lowest BCUT2D eigenvalue weighted by Crippen LogP contribution is -2.39. The largest absolute Gasteiger partial charge is 0.278 e. The van der Waals surface area contributed by atoms with E-state index in [0.717, 1.165) is 10.5 Å². The van der Waals surface area contributed by atoms with E-state index in [4.69, 9.17) is 0 Å². The molecule has 1 aliphatic rings. The minimum Gasteiger partial charge on any atom is -0.278 e. The van der Waals surface area contributed by atoms with Crippen LogP contribution < -0.4 is 0 Å². The minimum atomic E-state index is -0.212. The summed E-state index contributed by atoms with van der Waals surface area (Å²) in [5, 5.41) is 0. The summed E-state index contributed by atoms with van der Waals surface area (Å²) in [5.74, 6) is -0.413. The van der Waals surface area contributed by atoms with Crippen molar-refractivity contribution in [3.8, 4) is 0 Å². The molecule has 0 aromatic rings. The van der Waals surface area contributed by atoms with Gasteiger partial charge in [-0.15, -0.1) is 0 Å². The average Bonchev–Trinajstić information content (AvgIpc) is 2.13. The lowest BCUT2D eigenvalue weighted by molar-refractivity contribution is -0.139. The Morgan fingerprint density at radius 3 is 2.08 bits per heavy atom. The van der Waals surface area contributed by atoms with Crippen LogP contribution >= 0.6 is 0 Å². The number of imide groups is 1. The number of allylic oxidation sites excluding steroid dienone is 1. The standard InChI is InChI=1S/C10H13NO2/c1-5-8-6(2)7(3)9(12)11(4)10(8)13/h5H,1-4H3. The Labute approximate surface area is 77.7 Å². The number of rotatable bonds is 0. The second kappa shape index (κ2) is 3.17. The van der Waals surface area contributed by atoms with Gasteiger partial charge in [-0.2, -0.15) is 0 Å². The quantitative estimate of drug-likeness (QED) is 0.415. The van der Waals surface area contributed by atoms with Gasteiger partial charge in [-0.3, -0.25) is 14.5 Å². The third-order valence-corrected chi connectivity index (χ3v) is 2.42. The van der Waals surface area contributed by atoms with Crippen LogP contribution in [-0.2, 0) is 9.59 Å². The minimum absolute atomic E-state index is 0.201. The van der Waals surface area contributed by atoms with Crippen molar-refractivity contribution in [1.82, 2.24) is 4.90 Å². The molecule has 3 heteroatoms. The molecule has 3 nitrogen and oxygen atoms in total. The van der Waals surface area contributed by atoms with Crippen molar-refractivity contribution in [1.29, 1.82) is 0 Å². The van der Waals surface area contributed by atoms with Crippen LogP contribution in [0.5, 0.6) is 0 Å². The summed E-state index contributed by atoms with van der Waals surface area (Å²) >= 11 is 0. The lowest BCUT2D eigenvalue weighted by atomic mass is 9.96. The Bertz CT molecular complexity index is 337. The average molecular weight is 179 g/mol. The van der Waals surface area contributed by atoms with E-state index >= 15 is 0 Å². The van der Waals surface area contributed by atoms with Gasteiger partial charge < -0.3 is 0 Å². The molecule has 1 rings (SSSR count). The van der Waals surface area contributed by atoms with Crippen molar-refractivity contribution in [2.45, 2.75) is 20.8 Å². The van der Waals surface area contributed by atoms with Crippen LogP contribution in [0.25, 0.3) is 0 Å². The van der Waals surface area contributed by atoms with Gasteiger partial charge in [0.1, 0.15) is 0 Å². The first-order valence-corrected chi connectivity index (χ1v) is 4.17. The number of hydrogen-bond donors (Lipinski definition) is 0. The van der Waals surface area contributed by atoms with Crippen LogP contribution in [0, 0.1) is 0 Å². The molecule has 13 heavy (non-hydrogen) atoms. The summed E-state index contributed by atoms with van der Waals surface area (Å²) in [4.78, 5) is 24.1. The van der Waals surface area contributed by atoms with E-state index in [1.165, 1.54) is 7.05 Å². The van der Waals surface area contributed by atoms with Gasteiger partial charge in [0.2, 0.25) is 0 Å². The lowest BCUT2D eigenvalue weighted by Gasteiger charge is -2.24. The van der Waals surface area contributed by atoms with Crippen LogP contribution in [0.1, 0.15) is 20.8 Å². The van der Waals surface area contributed by atoms with Crippen molar-refractivity contribution >= 4 is 11.8 Å². The molecule has 0 saturated carbocycles. The molecule has 1 aliphatic heterocycles. The Morgan fingerprint density at radius 1 is 1.08 bits per heavy atom. The molecule has 0 spiro atoms. The number of nitrogens with zero attached hydrogens (tertiary/aromatic N) is 1. The molecule has 0 fully saturated rings. The van der Waals surface area contributed by atoms with Crippen molar-refractivity contribution in [2.24, 2.45) is 0 Å². The molecule has 0 unspecified atom stereocenters. The van der Waals surface area contributed by atoms with Crippen LogP contribution in [0.2, 0.25) is 0 Å². The van der Waals surface area contributed by atoms with E-state index in [1.807, 2.05) is 0 Å². The fourth-order valence-electron chi connectivity index (χ4n) is 1.39. The molecule has 1 heterocycles. The van der Waals surface area contributed by atoms with Gasteiger partial charge in [0.15, 0.2) is 0 Å². The van der Waals surface area contributed by atoms with E-state index in [2.05, 4.69) is 0 Å². The number of carbonyl (C=O) groups is 2. The normalized spacial score (nSPS) is 21.8. The molecule has 0 radical (unpaired) electrons. The first-order valence-electron chi connectivity index (χ1n) is 4.17. The third-order valence-electron chi connectivity index (χ3n) is 2.42. The molecular weight excluding hydrogens is 166 g/mol. The molecule has 0 aromatic heterocycles. The maximum absolute atomic E-state index is 11.5. The van der Waals surface area contributed by atoms with E-state index in [1.54, 1.807) is 26.8 Å². The molecule has 2 amide bonds. The van der Waals surface area contributed by atoms with Gasteiger partial charge in [0.05, 0.1) is 0 Å². The molecule has 0 N–H and O–H groups in total. The van der Waals surface area contributed by atoms with Crippen molar-refractivity contribution in [3.63, 3.8) is 0 Å². The molecule has 70 valence electrons. The second-order valence-electron chi connectivity index (χ2n) is 3.12. The third kappa shape index (κ3) is 1.30. The molecule has 0 aliphatic carbocycles. The molecule has 0 atom stereocenters. The van der Waals surface area contributed by atoms with E-state index < -0.39 is 0 Å². The predicted molar refractivity (Wildman–Crippen MR) is 49.9 cm³/mol. The predicted octanol–water partition coefficient (Wildman–Crippen LogP) is 1.27. The Morgan fingerprint density at radius 2 is 1.62 bits per heavy atom. The second-order valence-corrected chi connectivity index (χ2v) is 3.12. The Kier molecular flexibility index (Phi) is 2.36. The van der Waals surface area contributed by atoms with Crippen molar-refractivity contribution < 1.29 is 9.59 Å². The number of amides is 2. The number of hydrogen-bond acceptors (Lipinski definition) is 2. The van der Waals surface area contributed by atoms with Crippen LogP contribution in [0.15, 0.2) is 22.8 Å². The zero-order valence-corrected chi connectivity index (χ0v) is 8.34. The van der Waals surface area contributed by atoms with Crippen molar-refractivity contribution in [3.05, 3.63) is 22.8 Å². The van der Waals surface area contributed by atoms with Gasteiger partial charge in [0.25, 0.3) is 11.8 Å². The fraction of sp³-hybridized carbons (Fsp3) is 0.400. The summed E-state index contributed by atoms with van der Waals surface area (Å²) in [5.41, 5.74) is 2.06. The Hall–Kier alpha value is -1.38. The molecule has 0 bridgehead atoms. The number of likely N-dealkylation sites (N-methyl/N-ethyl adjacent to an activating group) is 1. The highest BCUT2D eigenvalue weighted by molar-refractivity contribution is 6.15. The van der Waals surface area contributed by atoms with E-state index in [9.17, 15) is 9.59 Å². The Balaban J connectivity index is 3.33. The summed E-state index contributed by atoms with van der Waals surface area (Å²) in [6.07, 6.45) is 1.74. The van der Waals surface area contributed by atoms with Gasteiger partial charge in [0, 0.05) is 18.2 Å². The first-order chi connectivity index (χ1) is 6.00. The van der Waals surface area contributed by atoms with E-state index in [0.29, 0.717) is 11.1 Å². The van der Waals surface area contributed by atoms with E-state index in [-0.39, 0.29) is 11.8 Å². The topological polar surface area (TPSA) is 37.4 Å². The summed E-state index contributed by atoms with van der Waals surface area (Å²) in [6.45, 7) is 5.34. The maximum Gasteiger partial charge on any atom is 0.260 e.